The van der Waals surface area contributed by atoms with Gasteiger partial charge in [-0.05, 0) is 12.1 Å². The summed E-state index contributed by atoms with van der Waals surface area (Å²) in [6.07, 6.45) is 0. The van der Waals surface area contributed by atoms with E-state index in [0.717, 1.165) is 0 Å². The Labute approximate surface area is 64.2 Å². The van der Waals surface area contributed by atoms with Gasteiger partial charge in [-0.1, -0.05) is 12.1 Å². The van der Waals surface area contributed by atoms with Gasteiger partial charge in [-0.3, -0.25) is 0 Å². The van der Waals surface area contributed by atoms with Gasteiger partial charge in [0.15, 0.2) is 0 Å². The highest BCUT2D eigenvalue weighted by molar-refractivity contribution is 5.90. The number of carbonyl (C=O) groups is 1. The molecule has 0 radical (unpaired) electrons. The van der Waals surface area contributed by atoms with Crippen LogP contribution >= 0.6 is 0 Å². The number of ether oxygens (including phenoxy) is 1. The Kier molecular flexibility index (Phi) is 2.11. The smallest absolute Gasteiger partial charge is 0.339 e. The molecule has 0 atom stereocenters. The zero-order valence-corrected chi connectivity index (χ0v) is 6.07. The van der Waals surface area contributed by atoms with Crippen LogP contribution in [0, 0.1) is 0 Å². The summed E-state index contributed by atoms with van der Waals surface area (Å²) in [6, 6.07) is 6.50. The molecule has 0 spiro atoms. The van der Waals surface area contributed by atoms with E-state index in [2.05, 4.69) is 0 Å². The second-order valence-electron chi connectivity index (χ2n) is 2.01. The molecule has 0 heterocycles. The maximum absolute atomic E-state index is 10.5. The predicted molar refractivity (Wildman–Crippen MR) is 40.0 cm³/mol. The quantitative estimate of drug-likeness (QED) is 0.653. The van der Waals surface area contributed by atoms with Crippen LogP contribution in [0.1, 0.15) is 10.4 Å². The van der Waals surface area contributed by atoms with Crippen molar-refractivity contribution in [2.24, 2.45) is 0 Å². The Morgan fingerprint density at radius 3 is 2.55 bits per heavy atom. The van der Waals surface area contributed by atoms with Gasteiger partial charge in [-0.2, -0.15) is 0 Å². The highest BCUT2D eigenvalue weighted by atomic mass is 16.5. The third-order valence-electron chi connectivity index (χ3n) is 1.34. The van der Waals surface area contributed by atoms with Gasteiger partial charge in [-0.15, -0.1) is 0 Å². The van der Waals surface area contributed by atoms with Crippen LogP contribution in [0.5, 0.6) is 5.75 Å². The van der Waals surface area contributed by atoms with Gasteiger partial charge in [0.2, 0.25) is 0 Å². The van der Waals surface area contributed by atoms with Gasteiger partial charge < -0.3 is 9.84 Å². The first-order valence-corrected chi connectivity index (χ1v) is 3.12. The lowest BCUT2D eigenvalue weighted by Crippen LogP contribution is -1.99. The number of hydrogen-bond donors (Lipinski definition) is 1. The molecule has 0 saturated heterocycles. The molecule has 0 bridgehead atoms. The first-order valence-electron chi connectivity index (χ1n) is 3.12. The summed E-state index contributed by atoms with van der Waals surface area (Å²) < 4.78 is 4.83. The fourth-order valence-corrected chi connectivity index (χ4v) is 0.821. The first-order chi connectivity index (χ1) is 5.25. The summed E-state index contributed by atoms with van der Waals surface area (Å²) in [4.78, 5) is 10.5. The maximum Gasteiger partial charge on any atom is 0.339 e. The standard InChI is InChI=1S/C8H8O3/c1-11-7-5-3-2-4-6(7)8(9)10/h2-5H,1H3,(H,9,10)/i8+1. The van der Waals surface area contributed by atoms with E-state index in [1.165, 1.54) is 13.2 Å². The summed E-state index contributed by atoms with van der Waals surface area (Å²) >= 11 is 0. The summed E-state index contributed by atoms with van der Waals surface area (Å²) in [5.74, 6) is -0.581. The van der Waals surface area contributed by atoms with E-state index >= 15 is 0 Å². The van der Waals surface area contributed by atoms with Crippen LogP contribution in [0.4, 0.5) is 0 Å². The van der Waals surface area contributed by atoms with E-state index in [1.54, 1.807) is 18.2 Å². The van der Waals surface area contributed by atoms with E-state index < -0.39 is 5.97 Å². The van der Waals surface area contributed by atoms with Crippen molar-refractivity contribution >= 4 is 5.97 Å². The molecule has 0 amide bonds. The minimum absolute atomic E-state index is 0.190. The summed E-state index contributed by atoms with van der Waals surface area (Å²) in [5, 5.41) is 8.62. The number of hydrogen-bond acceptors (Lipinski definition) is 2. The lowest BCUT2D eigenvalue weighted by molar-refractivity contribution is 0.0693. The van der Waals surface area contributed by atoms with Crippen LogP contribution in [-0.4, -0.2) is 18.2 Å². The second-order valence-corrected chi connectivity index (χ2v) is 2.01. The molecule has 3 nitrogen and oxygen atoms in total. The fourth-order valence-electron chi connectivity index (χ4n) is 0.821. The van der Waals surface area contributed by atoms with Crippen molar-refractivity contribution in [3.63, 3.8) is 0 Å². The lowest BCUT2D eigenvalue weighted by Gasteiger charge is -2.01. The van der Waals surface area contributed by atoms with Crippen LogP contribution in [0.3, 0.4) is 0 Å². The molecule has 0 aliphatic carbocycles. The van der Waals surface area contributed by atoms with E-state index in [0.29, 0.717) is 5.75 Å². The molecule has 11 heavy (non-hydrogen) atoms. The molecular formula is C8H8O3. The minimum atomic E-state index is -0.970. The van der Waals surface area contributed by atoms with E-state index in [4.69, 9.17) is 9.84 Å². The van der Waals surface area contributed by atoms with Crippen LogP contribution in [0.15, 0.2) is 24.3 Å². The molecule has 1 aromatic carbocycles. The average Bonchev–Trinajstić information content (AvgIpc) is 2.04. The SMILES string of the molecule is COc1ccccc1[13C](=O)O. The molecule has 0 aromatic heterocycles. The Morgan fingerprint density at radius 1 is 1.45 bits per heavy atom. The highest BCUT2D eigenvalue weighted by Crippen LogP contribution is 2.16. The van der Waals surface area contributed by atoms with Crippen molar-refractivity contribution in [3.05, 3.63) is 29.8 Å². The van der Waals surface area contributed by atoms with Gasteiger partial charge in [-0.25, -0.2) is 4.79 Å². The monoisotopic (exact) mass is 153 g/mol. The third-order valence-corrected chi connectivity index (χ3v) is 1.34. The second kappa shape index (κ2) is 3.05. The van der Waals surface area contributed by atoms with Gasteiger partial charge >= 0.3 is 5.97 Å². The number of carboxylic acids is 1. The first kappa shape index (κ1) is 7.60. The molecule has 1 aromatic rings. The van der Waals surface area contributed by atoms with Crippen molar-refractivity contribution in [2.75, 3.05) is 7.11 Å². The number of aromatic carboxylic acids is 1. The predicted octanol–water partition coefficient (Wildman–Crippen LogP) is 1.39. The number of benzene rings is 1. The van der Waals surface area contributed by atoms with Crippen molar-refractivity contribution in [3.8, 4) is 5.75 Å². The van der Waals surface area contributed by atoms with Crippen molar-refractivity contribution in [2.45, 2.75) is 0 Å². The lowest BCUT2D eigenvalue weighted by atomic mass is 10.3. The number of methoxy groups -OCH3 is 1. The Morgan fingerprint density at radius 2 is 2.09 bits per heavy atom. The topological polar surface area (TPSA) is 46.5 Å². The summed E-state index contributed by atoms with van der Waals surface area (Å²) in [5.41, 5.74) is 0.190. The minimum Gasteiger partial charge on any atom is -0.496 e. The van der Waals surface area contributed by atoms with Crippen molar-refractivity contribution in [1.82, 2.24) is 0 Å². The molecule has 1 N–H and O–H groups in total. The van der Waals surface area contributed by atoms with Crippen LogP contribution < -0.4 is 4.74 Å². The van der Waals surface area contributed by atoms with Gasteiger partial charge in [0, 0.05) is 0 Å². The van der Waals surface area contributed by atoms with E-state index in [9.17, 15) is 4.79 Å². The molecule has 0 unspecified atom stereocenters. The molecule has 0 aliphatic heterocycles. The zero-order valence-electron chi connectivity index (χ0n) is 6.07. The summed E-state index contributed by atoms with van der Waals surface area (Å²) in [7, 11) is 1.45. The zero-order chi connectivity index (χ0) is 8.27. The molecule has 0 aliphatic rings. The molecule has 0 saturated carbocycles. The van der Waals surface area contributed by atoms with Crippen molar-refractivity contribution in [1.29, 1.82) is 0 Å². The Bertz CT molecular complexity index is 268. The Hall–Kier alpha value is -1.51. The number of carboxylic acid groups (broad SMARTS) is 1. The van der Waals surface area contributed by atoms with Gasteiger partial charge in [0.25, 0.3) is 0 Å². The molecule has 0 fully saturated rings. The van der Waals surface area contributed by atoms with E-state index in [-0.39, 0.29) is 5.56 Å². The van der Waals surface area contributed by atoms with Gasteiger partial charge in [0.05, 0.1) is 7.11 Å². The highest BCUT2D eigenvalue weighted by Gasteiger charge is 2.07. The largest absolute Gasteiger partial charge is 0.496 e. The summed E-state index contributed by atoms with van der Waals surface area (Å²) in [6.45, 7) is 0. The molecule has 1 rings (SSSR count). The van der Waals surface area contributed by atoms with Crippen LogP contribution in [0.2, 0.25) is 0 Å². The van der Waals surface area contributed by atoms with Crippen LogP contribution in [-0.2, 0) is 0 Å². The number of para-hydroxylation sites is 1. The van der Waals surface area contributed by atoms with E-state index in [1.807, 2.05) is 0 Å². The average molecular weight is 153 g/mol. The normalized spacial score (nSPS) is 9.18. The maximum atomic E-state index is 10.5. The number of rotatable bonds is 2. The molecule has 3 heteroatoms. The third kappa shape index (κ3) is 1.49. The van der Waals surface area contributed by atoms with Gasteiger partial charge in [0.1, 0.15) is 11.3 Å². The fraction of sp³-hybridized carbons (Fsp3) is 0.125. The molecular weight excluding hydrogens is 145 g/mol. The molecule has 58 valence electrons. The Balaban J connectivity index is 3.12. The van der Waals surface area contributed by atoms with Crippen LogP contribution in [0.25, 0.3) is 0 Å². The van der Waals surface area contributed by atoms with Crippen molar-refractivity contribution < 1.29 is 14.6 Å².